The van der Waals surface area contributed by atoms with Crippen molar-refractivity contribution in [1.82, 2.24) is 9.36 Å². The van der Waals surface area contributed by atoms with Gasteiger partial charge in [-0.2, -0.15) is 4.37 Å². The van der Waals surface area contributed by atoms with Crippen molar-refractivity contribution in [1.29, 1.82) is 0 Å². The maximum absolute atomic E-state index is 4.63. The first kappa shape index (κ1) is 13.4. The van der Waals surface area contributed by atoms with Gasteiger partial charge in [0.15, 0.2) is 0 Å². The normalized spacial score (nSPS) is 12.2. The van der Waals surface area contributed by atoms with Crippen LogP contribution in [0.3, 0.4) is 0 Å². The Morgan fingerprint density at radius 2 is 1.81 bits per heavy atom. The minimum absolute atomic E-state index is 0.0452. The van der Waals surface area contributed by atoms with Crippen molar-refractivity contribution in [3.63, 3.8) is 0 Å². The summed E-state index contributed by atoms with van der Waals surface area (Å²) in [5.41, 5.74) is 0.0452. The second-order valence-corrected chi connectivity index (χ2v) is 5.96. The molecule has 0 saturated heterocycles. The summed E-state index contributed by atoms with van der Waals surface area (Å²) in [5, 5.41) is 1.04. The molecule has 3 nitrogen and oxygen atoms in total. The molecule has 0 atom stereocenters. The van der Waals surface area contributed by atoms with Crippen LogP contribution in [0.4, 0.5) is 5.13 Å². The standard InChI is InChI=1S/C12H23N3S/c1-7-9(8-2)15(6)11-13-10(14-16-11)12(3,4)5/h9H,7-8H2,1-6H3. The van der Waals surface area contributed by atoms with Crippen LogP contribution in [0.15, 0.2) is 0 Å². The van der Waals surface area contributed by atoms with Crippen molar-refractivity contribution >= 4 is 16.7 Å². The predicted molar refractivity (Wildman–Crippen MR) is 71.4 cm³/mol. The molecule has 0 aliphatic rings. The van der Waals surface area contributed by atoms with Gasteiger partial charge in [0.1, 0.15) is 5.82 Å². The highest BCUT2D eigenvalue weighted by molar-refractivity contribution is 7.09. The van der Waals surface area contributed by atoms with E-state index in [2.05, 4.69) is 55.9 Å². The Morgan fingerprint density at radius 1 is 1.25 bits per heavy atom. The van der Waals surface area contributed by atoms with Gasteiger partial charge in [-0.25, -0.2) is 4.98 Å². The molecule has 0 spiro atoms. The van der Waals surface area contributed by atoms with Gasteiger partial charge in [-0.05, 0) is 12.8 Å². The van der Waals surface area contributed by atoms with Gasteiger partial charge in [0.05, 0.1) is 0 Å². The van der Waals surface area contributed by atoms with E-state index in [4.69, 9.17) is 0 Å². The summed E-state index contributed by atoms with van der Waals surface area (Å²) in [5.74, 6) is 0.949. The van der Waals surface area contributed by atoms with Crippen LogP contribution < -0.4 is 4.90 Å². The van der Waals surface area contributed by atoms with E-state index in [1.807, 2.05) is 0 Å². The summed E-state index contributed by atoms with van der Waals surface area (Å²) in [6.45, 7) is 10.9. The first-order chi connectivity index (χ1) is 7.40. The molecular weight excluding hydrogens is 218 g/mol. The molecule has 0 aromatic carbocycles. The summed E-state index contributed by atoms with van der Waals surface area (Å²) < 4.78 is 4.45. The molecule has 0 aliphatic carbocycles. The molecule has 0 aliphatic heterocycles. The molecule has 1 heterocycles. The fraction of sp³-hybridized carbons (Fsp3) is 0.833. The molecule has 92 valence electrons. The minimum Gasteiger partial charge on any atom is -0.347 e. The zero-order valence-corrected chi connectivity index (χ0v) is 12.1. The van der Waals surface area contributed by atoms with Crippen LogP contribution >= 0.6 is 11.5 Å². The topological polar surface area (TPSA) is 29.0 Å². The second-order valence-electron chi connectivity index (χ2n) is 5.23. The zero-order valence-electron chi connectivity index (χ0n) is 11.2. The van der Waals surface area contributed by atoms with E-state index >= 15 is 0 Å². The van der Waals surface area contributed by atoms with E-state index in [0.29, 0.717) is 6.04 Å². The first-order valence-electron chi connectivity index (χ1n) is 5.97. The number of nitrogens with zero attached hydrogens (tertiary/aromatic N) is 3. The van der Waals surface area contributed by atoms with Crippen LogP contribution in [0.5, 0.6) is 0 Å². The highest BCUT2D eigenvalue weighted by Gasteiger charge is 2.22. The largest absolute Gasteiger partial charge is 0.347 e. The Hall–Kier alpha value is -0.640. The monoisotopic (exact) mass is 241 g/mol. The van der Waals surface area contributed by atoms with Gasteiger partial charge in [-0.1, -0.05) is 34.6 Å². The molecule has 0 fully saturated rings. The summed E-state index contributed by atoms with van der Waals surface area (Å²) in [6, 6.07) is 0.570. The third-order valence-corrected chi connectivity index (χ3v) is 3.68. The van der Waals surface area contributed by atoms with Gasteiger partial charge in [-0.15, -0.1) is 0 Å². The van der Waals surface area contributed by atoms with Crippen molar-refractivity contribution in [3.8, 4) is 0 Å². The first-order valence-corrected chi connectivity index (χ1v) is 6.74. The average molecular weight is 241 g/mol. The molecule has 0 unspecified atom stereocenters. The maximum Gasteiger partial charge on any atom is 0.205 e. The van der Waals surface area contributed by atoms with Crippen molar-refractivity contribution in [2.24, 2.45) is 0 Å². The Labute approximate surface area is 103 Å². The van der Waals surface area contributed by atoms with E-state index < -0.39 is 0 Å². The lowest BCUT2D eigenvalue weighted by atomic mass is 9.96. The SMILES string of the molecule is CCC(CC)N(C)c1nc(C(C)(C)C)ns1. The maximum atomic E-state index is 4.63. The number of rotatable bonds is 4. The molecule has 1 aromatic rings. The van der Waals surface area contributed by atoms with Crippen LogP contribution in [0.25, 0.3) is 0 Å². The predicted octanol–water partition coefficient (Wildman–Crippen LogP) is 3.46. The van der Waals surface area contributed by atoms with Gasteiger partial charge >= 0.3 is 0 Å². The lowest BCUT2D eigenvalue weighted by molar-refractivity contribution is 0.550. The van der Waals surface area contributed by atoms with Gasteiger partial charge in [0.25, 0.3) is 0 Å². The molecule has 0 radical (unpaired) electrons. The van der Waals surface area contributed by atoms with E-state index in [0.717, 1.165) is 23.8 Å². The molecule has 0 saturated carbocycles. The Morgan fingerprint density at radius 3 is 2.19 bits per heavy atom. The lowest BCUT2D eigenvalue weighted by Gasteiger charge is -2.25. The Kier molecular flexibility index (Phi) is 4.30. The highest BCUT2D eigenvalue weighted by atomic mass is 32.1. The summed E-state index contributed by atoms with van der Waals surface area (Å²) in [7, 11) is 2.12. The van der Waals surface area contributed by atoms with Crippen molar-refractivity contribution < 1.29 is 0 Å². The smallest absolute Gasteiger partial charge is 0.205 e. The molecule has 16 heavy (non-hydrogen) atoms. The van der Waals surface area contributed by atoms with E-state index in [-0.39, 0.29) is 5.41 Å². The summed E-state index contributed by atoms with van der Waals surface area (Å²) in [6.07, 6.45) is 2.30. The van der Waals surface area contributed by atoms with Crippen LogP contribution in [-0.4, -0.2) is 22.4 Å². The molecule has 1 aromatic heterocycles. The average Bonchev–Trinajstić information content (AvgIpc) is 2.67. The summed E-state index contributed by atoms with van der Waals surface area (Å²) in [4.78, 5) is 6.89. The third-order valence-electron chi connectivity index (χ3n) is 2.88. The number of anilines is 1. The Balaban J connectivity index is 2.85. The lowest BCUT2D eigenvalue weighted by Crippen LogP contribution is -2.30. The van der Waals surface area contributed by atoms with Crippen LogP contribution in [0.2, 0.25) is 0 Å². The van der Waals surface area contributed by atoms with E-state index in [9.17, 15) is 0 Å². The van der Waals surface area contributed by atoms with Gasteiger partial charge in [-0.3, -0.25) is 0 Å². The van der Waals surface area contributed by atoms with Crippen molar-refractivity contribution in [2.45, 2.75) is 58.9 Å². The fourth-order valence-corrected chi connectivity index (χ4v) is 2.54. The van der Waals surface area contributed by atoms with E-state index in [1.165, 1.54) is 11.5 Å². The van der Waals surface area contributed by atoms with Crippen molar-refractivity contribution in [3.05, 3.63) is 5.82 Å². The molecule has 0 amide bonds. The fourth-order valence-electron chi connectivity index (χ4n) is 1.66. The number of aromatic nitrogens is 2. The number of hydrogen-bond donors (Lipinski definition) is 0. The zero-order chi connectivity index (χ0) is 12.3. The van der Waals surface area contributed by atoms with Crippen LogP contribution in [-0.2, 0) is 5.41 Å². The second kappa shape index (κ2) is 5.13. The summed E-state index contributed by atoms with van der Waals surface area (Å²) >= 11 is 1.51. The van der Waals surface area contributed by atoms with Gasteiger partial charge in [0, 0.05) is 30.0 Å². The van der Waals surface area contributed by atoms with E-state index in [1.54, 1.807) is 0 Å². The Bertz CT molecular complexity index is 323. The molecule has 0 bridgehead atoms. The highest BCUT2D eigenvalue weighted by Crippen LogP contribution is 2.26. The van der Waals surface area contributed by atoms with Crippen molar-refractivity contribution in [2.75, 3.05) is 11.9 Å². The van der Waals surface area contributed by atoms with Crippen LogP contribution in [0.1, 0.15) is 53.3 Å². The van der Waals surface area contributed by atoms with Gasteiger partial charge in [0.2, 0.25) is 5.13 Å². The molecular formula is C12H23N3S. The van der Waals surface area contributed by atoms with Crippen LogP contribution in [0, 0.1) is 0 Å². The number of hydrogen-bond acceptors (Lipinski definition) is 4. The van der Waals surface area contributed by atoms with Gasteiger partial charge < -0.3 is 4.90 Å². The molecule has 1 rings (SSSR count). The minimum atomic E-state index is 0.0452. The molecule has 4 heteroatoms. The molecule has 0 N–H and O–H groups in total. The quantitative estimate of drug-likeness (QED) is 0.808. The third kappa shape index (κ3) is 2.94.